The Morgan fingerprint density at radius 2 is 2.10 bits per heavy atom. The molecule has 1 aliphatic rings. The van der Waals surface area contributed by atoms with E-state index in [2.05, 4.69) is 24.4 Å². The minimum atomic E-state index is 0.304. The third-order valence-corrected chi connectivity index (χ3v) is 3.88. The highest BCUT2D eigenvalue weighted by atomic mass is 16.5. The molecule has 1 aromatic rings. The van der Waals surface area contributed by atoms with E-state index in [0.717, 1.165) is 37.4 Å². The summed E-state index contributed by atoms with van der Waals surface area (Å²) < 4.78 is 16.8. The van der Waals surface area contributed by atoms with Crippen LogP contribution < -0.4 is 10.1 Å². The Morgan fingerprint density at radius 1 is 1.35 bits per heavy atom. The smallest absolute Gasteiger partial charge is 0.124 e. The summed E-state index contributed by atoms with van der Waals surface area (Å²) in [4.78, 5) is 0. The van der Waals surface area contributed by atoms with Gasteiger partial charge < -0.3 is 19.5 Å². The Balaban J connectivity index is 2.03. The lowest BCUT2D eigenvalue weighted by Crippen LogP contribution is -2.23. The van der Waals surface area contributed by atoms with Crippen molar-refractivity contribution >= 4 is 0 Å². The van der Waals surface area contributed by atoms with Crippen molar-refractivity contribution in [2.45, 2.75) is 38.5 Å². The molecule has 112 valence electrons. The molecule has 0 amide bonds. The fraction of sp³-hybridized carbons (Fsp3) is 0.625. The predicted octanol–water partition coefficient (Wildman–Crippen LogP) is 2.67. The molecule has 4 heteroatoms. The van der Waals surface area contributed by atoms with E-state index < -0.39 is 0 Å². The van der Waals surface area contributed by atoms with Crippen molar-refractivity contribution in [2.24, 2.45) is 0 Å². The van der Waals surface area contributed by atoms with Crippen LogP contribution in [-0.4, -0.2) is 33.5 Å². The maximum Gasteiger partial charge on any atom is 0.124 e. The van der Waals surface area contributed by atoms with Gasteiger partial charge in [0.25, 0.3) is 0 Å². The van der Waals surface area contributed by atoms with E-state index >= 15 is 0 Å². The van der Waals surface area contributed by atoms with Crippen molar-refractivity contribution in [3.8, 4) is 5.75 Å². The Bertz CT molecular complexity index is 416. The number of benzene rings is 1. The van der Waals surface area contributed by atoms with Crippen molar-refractivity contribution in [3.63, 3.8) is 0 Å². The number of rotatable bonds is 6. The summed E-state index contributed by atoms with van der Waals surface area (Å²) in [6, 6.07) is 6.60. The first-order valence-electron chi connectivity index (χ1n) is 7.28. The highest BCUT2D eigenvalue weighted by Crippen LogP contribution is 2.25. The summed E-state index contributed by atoms with van der Waals surface area (Å²) in [5.41, 5.74) is 2.36. The first-order valence-corrected chi connectivity index (χ1v) is 7.28. The largest absolute Gasteiger partial charge is 0.496 e. The number of ether oxygens (including phenoxy) is 3. The summed E-state index contributed by atoms with van der Waals surface area (Å²) in [6.07, 6.45) is 2.27. The van der Waals surface area contributed by atoms with Gasteiger partial charge in [0.2, 0.25) is 0 Å². The van der Waals surface area contributed by atoms with Crippen LogP contribution in [0.15, 0.2) is 18.2 Å². The average molecular weight is 279 g/mol. The summed E-state index contributed by atoms with van der Waals surface area (Å²) in [5, 5.41) is 3.25. The van der Waals surface area contributed by atoms with Gasteiger partial charge in [0, 0.05) is 24.8 Å². The Labute approximate surface area is 121 Å². The van der Waals surface area contributed by atoms with Gasteiger partial charge in [0.05, 0.1) is 19.8 Å². The molecule has 0 aromatic heterocycles. The number of hydrogen-bond acceptors (Lipinski definition) is 4. The summed E-state index contributed by atoms with van der Waals surface area (Å²) in [6.45, 7) is 4.35. The van der Waals surface area contributed by atoms with Crippen LogP contribution in [0.25, 0.3) is 0 Å². The van der Waals surface area contributed by atoms with Gasteiger partial charge in [-0.3, -0.25) is 0 Å². The van der Waals surface area contributed by atoms with Crippen LogP contribution in [0.1, 0.15) is 36.9 Å². The molecule has 1 fully saturated rings. The van der Waals surface area contributed by atoms with Gasteiger partial charge in [0.1, 0.15) is 5.75 Å². The van der Waals surface area contributed by atoms with Crippen LogP contribution in [-0.2, 0) is 16.1 Å². The maximum absolute atomic E-state index is 6.00. The van der Waals surface area contributed by atoms with E-state index in [0.29, 0.717) is 18.8 Å². The average Bonchev–Trinajstić information content (AvgIpc) is 2.52. The zero-order chi connectivity index (χ0) is 14.4. The Hall–Kier alpha value is -1.10. The van der Waals surface area contributed by atoms with E-state index in [1.165, 1.54) is 5.56 Å². The van der Waals surface area contributed by atoms with Gasteiger partial charge in [-0.25, -0.2) is 0 Å². The van der Waals surface area contributed by atoms with Crippen LogP contribution >= 0.6 is 0 Å². The Kier molecular flexibility index (Phi) is 5.83. The second-order valence-electron chi connectivity index (χ2n) is 5.20. The molecule has 4 nitrogen and oxygen atoms in total. The van der Waals surface area contributed by atoms with Gasteiger partial charge in [0.15, 0.2) is 0 Å². The molecule has 0 aliphatic carbocycles. The lowest BCUT2D eigenvalue weighted by atomic mass is 10.0. The molecule has 0 saturated carbocycles. The topological polar surface area (TPSA) is 39.7 Å². The molecule has 20 heavy (non-hydrogen) atoms. The van der Waals surface area contributed by atoms with Gasteiger partial charge in [-0.2, -0.15) is 0 Å². The highest BCUT2D eigenvalue weighted by molar-refractivity contribution is 5.38. The van der Waals surface area contributed by atoms with Crippen molar-refractivity contribution < 1.29 is 14.2 Å². The SMILES string of the molecule is CNC(C)c1ccc(OC)c(COC2CCOCC2)c1. The minimum absolute atomic E-state index is 0.304. The normalized spacial score (nSPS) is 17.9. The molecule has 1 aromatic carbocycles. The zero-order valence-corrected chi connectivity index (χ0v) is 12.6. The van der Waals surface area contributed by atoms with Gasteiger partial charge in [-0.15, -0.1) is 0 Å². The van der Waals surface area contributed by atoms with Crippen LogP contribution in [0.4, 0.5) is 0 Å². The molecule has 1 unspecified atom stereocenters. The molecule has 1 saturated heterocycles. The van der Waals surface area contributed by atoms with Crippen molar-refractivity contribution in [1.29, 1.82) is 0 Å². The lowest BCUT2D eigenvalue weighted by Gasteiger charge is -2.23. The van der Waals surface area contributed by atoms with Crippen molar-refractivity contribution in [2.75, 3.05) is 27.4 Å². The molecular formula is C16H25NO3. The van der Waals surface area contributed by atoms with Gasteiger partial charge in [-0.05, 0) is 44.5 Å². The van der Waals surface area contributed by atoms with Crippen LogP contribution in [0.5, 0.6) is 5.75 Å². The lowest BCUT2D eigenvalue weighted by molar-refractivity contribution is -0.0394. The van der Waals surface area contributed by atoms with E-state index in [1.54, 1.807) is 7.11 Å². The van der Waals surface area contributed by atoms with Gasteiger partial charge >= 0.3 is 0 Å². The standard InChI is InChI=1S/C16H25NO3/c1-12(17-2)13-4-5-16(18-3)14(10-13)11-20-15-6-8-19-9-7-15/h4-5,10,12,15,17H,6-9,11H2,1-3H3. The summed E-state index contributed by atoms with van der Waals surface area (Å²) in [5.74, 6) is 0.893. The minimum Gasteiger partial charge on any atom is -0.496 e. The van der Waals surface area contributed by atoms with Crippen molar-refractivity contribution in [1.82, 2.24) is 5.32 Å². The summed E-state index contributed by atoms with van der Waals surface area (Å²) >= 11 is 0. The predicted molar refractivity (Wildman–Crippen MR) is 79.1 cm³/mol. The number of hydrogen-bond donors (Lipinski definition) is 1. The van der Waals surface area contributed by atoms with Crippen LogP contribution in [0.3, 0.4) is 0 Å². The van der Waals surface area contributed by atoms with E-state index in [9.17, 15) is 0 Å². The molecule has 0 bridgehead atoms. The van der Waals surface area contributed by atoms with E-state index in [4.69, 9.17) is 14.2 Å². The fourth-order valence-corrected chi connectivity index (χ4v) is 2.40. The van der Waals surface area contributed by atoms with E-state index in [-0.39, 0.29) is 0 Å². The number of methoxy groups -OCH3 is 1. The molecule has 0 radical (unpaired) electrons. The molecule has 0 spiro atoms. The maximum atomic E-state index is 6.00. The first-order chi connectivity index (χ1) is 9.74. The highest BCUT2D eigenvalue weighted by Gasteiger charge is 2.15. The molecule has 1 atom stereocenters. The second-order valence-corrected chi connectivity index (χ2v) is 5.20. The monoisotopic (exact) mass is 279 g/mol. The first kappa shape index (κ1) is 15.3. The third-order valence-electron chi connectivity index (χ3n) is 3.88. The molecule has 1 aliphatic heterocycles. The summed E-state index contributed by atoms with van der Waals surface area (Å²) in [7, 11) is 3.67. The fourth-order valence-electron chi connectivity index (χ4n) is 2.40. The number of nitrogens with one attached hydrogen (secondary N) is 1. The molecule has 1 N–H and O–H groups in total. The molecular weight excluding hydrogens is 254 g/mol. The van der Waals surface area contributed by atoms with Crippen LogP contribution in [0, 0.1) is 0 Å². The van der Waals surface area contributed by atoms with Crippen molar-refractivity contribution in [3.05, 3.63) is 29.3 Å². The second kappa shape index (κ2) is 7.62. The molecule has 2 rings (SSSR count). The third kappa shape index (κ3) is 3.95. The van der Waals surface area contributed by atoms with E-state index in [1.807, 2.05) is 13.1 Å². The molecule has 1 heterocycles. The Morgan fingerprint density at radius 3 is 2.75 bits per heavy atom. The zero-order valence-electron chi connectivity index (χ0n) is 12.6. The quantitative estimate of drug-likeness (QED) is 0.869. The van der Waals surface area contributed by atoms with Crippen LogP contribution in [0.2, 0.25) is 0 Å². The van der Waals surface area contributed by atoms with Gasteiger partial charge in [-0.1, -0.05) is 6.07 Å².